The van der Waals surface area contributed by atoms with Crippen LogP contribution in [-0.2, 0) is 26.1 Å². The molecule has 1 atom stereocenters. The third-order valence-electron chi connectivity index (χ3n) is 2.88. The van der Waals surface area contributed by atoms with Gasteiger partial charge in [0.1, 0.15) is 6.04 Å². The summed E-state index contributed by atoms with van der Waals surface area (Å²) in [6, 6.07) is 6.51. The second-order valence-corrected chi connectivity index (χ2v) is 6.19. The Bertz CT molecular complexity index is 556. The molecule has 8 heteroatoms. The first-order valence-corrected chi connectivity index (χ1v) is 8.03. The van der Waals surface area contributed by atoms with Crippen molar-refractivity contribution in [3.05, 3.63) is 29.8 Å². The summed E-state index contributed by atoms with van der Waals surface area (Å²) < 4.78 is 34.6. The van der Waals surface area contributed by atoms with E-state index < -0.39 is 22.1 Å². The van der Waals surface area contributed by atoms with Crippen LogP contribution in [0.15, 0.2) is 24.3 Å². The van der Waals surface area contributed by atoms with Gasteiger partial charge >= 0.3 is 5.97 Å². The fourth-order valence-corrected chi connectivity index (χ4v) is 2.31. The van der Waals surface area contributed by atoms with Gasteiger partial charge in [0.2, 0.25) is 0 Å². The molecular formula is C13H20N2O5S. The lowest BCUT2D eigenvalue weighted by molar-refractivity contribution is -0.143. The van der Waals surface area contributed by atoms with E-state index >= 15 is 0 Å². The number of carbonyl (C=O) groups excluding carboxylic acids is 1. The lowest BCUT2D eigenvalue weighted by Crippen LogP contribution is -2.40. The van der Waals surface area contributed by atoms with Crippen molar-refractivity contribution >= 4 is 21.8 Å². The number of hydrogen-bond donors (Lipinski definition) is 3. The lowest BCUT2D eigenvalue weighted by Gasteiger charge is -2.16. The Balaban J connectivity index is 2.56. The van der Waals surface area contributed by atoms with Gasteiger partial charge in [-0.2, -0.15) is 8.42 Å². The van der Waals surface area contributed by atoms with E-state index in [1.54, 1.807) is 12.1 Å². The number of anilines is 1. The van der Waals surface area contributed by atoms with Crippen molar-refractivity contribution in [1.29, 1.82) is 0 Å². The maximum atomic E-state index is 11.7. The zero-order valence-electron chi connectivity index (χ0n) is 11.8. The zero-order valence-corrected chi connectivity index (χ0v) is 12.6. The molecule has 0 amide bonds. The van der Waals surface area contributed by atoms with Gasteiger partial charge in [-0.15, -0.1) is 0 Å². The SMILES string of the molecule is COC(=O)[C@@H](Cc1ccc(N)cc1)NCCCS(=O)(=O)O. The molecule has 0 aliphatic heterocycles. The number of nitrogen functional groups attached to an aromatic ring is 1. The van der Waals surface area contributed by atoms with Gasteiger partial charge in [-0.05, 0) is 37.1 Å². The Morgan fingerprint density at radius 2 is 2.00 bits per heavy atom. The van der Waals surface area contributed by atoms with E-state index in [2.05, 4.69) is 5.32 Å². The summed E-state index contributed by atoms with van der Waals surface area (Å²) in [5.74, 6) is -0.783. The van der Waals surface area contributed by atoms with Crippen molar-refractivity contribution in [2.45, 2.75) is 18.9 Å². The Kier molecular flexibility index (Phi) is 6.60. The Morgan fingerprint density at radius 1 is 1.38 bits per heavy atom. The van der Waals surface area contributed by atoms with Crippen LogP contribution in [0.4, 0.5) is 5.69 Å². The molecule has 1 rings (SSSR count). The fourth-order valence-electron chi connectivity index (χ4n) is 1.80. The molecule has 0 spiro atoms. The molecule has 4 N–H and O–H groups in total. The quantitative estimate of drug-likeness (QED) is 0.272. The van der Waals surface area contributed by atoms with Gasteiger partial charge in [-0.25, -0.2) is 0 Å². The minimum atomic E-state index is -3.98. The van der Waals surface area contributed by atoms with Crippen molar-refractivity contribution in [1.82, 2.24) is 5.32 Å². The van der Waals surface area contributed by atoms with E-state index in [0.717, 1.165) is 5.56 Å². The van der Waals surface area contributed by atoms with E-state index in [1.165, 1.54) is 7.11 Å². The maximum Gasteiger partial charge on any atom is 0.323 e. The number of carbonyl (C=O) groups is 1. The number of benzene rings is 1. The number of rotatable bonds is 8. The highest BCUT2D eigenvalue weighted by Gasteiger charge is 2.19. The molecule has 0 heterocycles. The normalized spacial score (nSPS) is 12.9. The highest BCUT2D eigenvalue weighted by atomic mass is 32.2. The van der Waals surface area contributed by atoms with Crippen LogP contribution in [0.1, 0.15) is 12.0 Å². The molecule has 0 aliphatic carbocycles. The van der Waals surface area contributed by atoms with Gasteiger partial charge in [0.05, 0.1) is 12.9 Å². The molecule has 1 aromatic rings. The Morgan fingerprint density at radius 3 is 2.52 bits per heavy atom. The minimum absolute atomic E-state index is 0.202. The molecule has 1 aromatic carbocycles. The minimum Gasteiger partial charge on any atom is -0.468 e. The largest absolute Gasteiger partial charge is 0.468 e. The first-order valence-electron chi connectivity index (χ1n) is 6.42. The first kappa shape index (κ1) is 17.4. The molecule has 0 saturated carbocycles. The number of ether oxygens (including phenoxy) is 1. The predicted octanol–water partition coefficient (Wildman–Crippen LogP) is 0.220. The zero-order chi connectivity index (χ0) is 15.9. The summed E-state index contributed by atoms with van der Waals surface area (Å²) in [5.41, 5.74) is 7.13. The summed E-state index contributed by atoms with van der Waals surface area (Å²) >= 11 is 0. The van der Waals surface area contributed by atoms with Crippen LogP contribution in [0, 0.1) is 0 Å². The molecule has 0 radical (unpaired) electrons. The summed E-state index contributed by atoms with van der Waals surface area (Å²) in [4.78, 5) is 11.7. The second-order valence-electron chi connectivity index (χ2n) is 4.62. The van der Waals surface area contributed by atoms with E-state index in [4.69, 9.17) is 15.0 Å². The molecule has 0 fully saturated rings. The average Bonchev–Trinajstić information content (AvgIpc) is 2.42. The van der Waals surface area contributed by atoms with Crippen molar-refractivity contribution in [3.8, 4) is 0 Å². The van der Waals surface area contributed by atoms with Crippen LogP contribution in [0.3, 0.4) is 0 Å². The Labute approximate surface area is 124 Å². The number of hydrogen-bond acceptors (Lipinski definition) is 6. The van der Waals surface area contributed by atoms with E-state index in [9.17, 15) is 13.2 Å². The number of nitrogens with two attached hydrogens (primary N) is 1. The number of methoxy groups -OCH3 is 1. The number of esters is 1. The van der Waals surface area contributed by atoms with Crippen molar-refractivity contribution < 1.29 is 22.5 Å². The third kappa shape index (κ3) is 7.07. The molecule has 0 bridgehead atoms. The summed E-state index contributed by atoms with van der Waals surface area (Å²) in [6.07, 6.45) is 0.604. The lowest BCUT2D eigenvalue weighted by atomic mass is 10.1. The van der Waals surface area contributed by atoms with Gasteiger partial charge in [-0.3, -0.25) is 9.35 Å². The maximum absolute atomic E-state index is 11.7. The van der Waals surface area contributed by atoms with Gasteiger partial charge in [0.15, 0.2) is 0 Å². The highest BCUT2D eigenvalue weighted by molar-refractivity contribution is 7.85. The van der Waals surface area contributed by atoms with Gasteiger partial charge in [0, 0.05) is 5.69 Å². The number of nitrogens with one attached hydrogen (secondary N) is 1. The van der Waals surface area contributed by atoms with Crippen LogP contribution in [0.2, 0.25) is 0 Å². The molecule has 118 valence electrons. The molecule has 0 saturated heterocycles. The molecular weight excluding hydrogens is 296 g/mol. The van der Waals surface area contributed by atoms with E-state index in [1.807, 2.05) is 12.1 Å². The van der Waals surface area contributed by atoms with Gasteiger partial charge < -0.3 is 15.8 Å². The average molecular weight is 316 g/mol. The summed E-state index contributed by atoms with van der Waals surface area (Å²) in [5, 5.41) is 2.92. The molecule has 0 aliphatic rings. The van der Waals surface area contributed by atoms with E-state index in [0.29, 0.717) is 12.1 Å². The van der Waals surface area contributed by atoms with Crippen molar-refractivity contribution in [2.24, 2.45) is 0 Å². The summed E-state index contributed by atoms with van der Waals surface area (Å²) in [6.45, 7) is 0.272. The van der Waals surface area contributed by atoms with Crippen molar-refractivity contribution in [3.63, 3.8) is 0 Å². The first-order chi connectivity index (χ1) is 9.81. The summed E-state index contributed by atoms with van der Waals surface area (Å²) in [7, 11) is -2.69. The molecule has 0 unspecified atom stereocenters. The second kappa shape index (κ2) is 7.96. The van der Waals surface area contributed by atoms with Crippen LogP contribution < -0.4 is 11.1 Å². The monoisotopic (exact) mass is 316 g/mol. The van der Waals surface area contributed by atoms with Crippen LogP contribution in [0.25, 0.3) is 0 Å². The van der Waals surface area contributed by atoms with E-state index in [-0.39, 0.29) is 18.7 Å². The standard InChI is InChI=1S/C13H20N2O5S/c1-20-13(16)12(15-7-2-8-21(17,18)19)9-10-3-5-11(14)6-4-10/h3-6,12,15H,2,7-9,14H2,1H3,(H,17,18,19)/t12-/m1/s1. The molecule has 7 nitrogen and oxygen atoms in total. The van der Waals surface area contributed by atoms with Crippen LogP contribution >= 0.6 is 0 Å². The van der Waals surface area contributed by atoms with Crippen LogP contribution in [-0.4, -0.2) is 44.4 Å². The van der Waals surface area contributed by atoms with Crippen molar-refractivity contribution in [2.75, 3.05) is 25.1 Å². The fraction of sp³-hybridized carbons (Fsp3) is 0.462. The predicted molar refractivity (Wildman–Crippen MR) is 79.4 cm³/mol. The topological polar surface area (TPSA) is 119 Å². The highest BCUT2D eigenvalue weighted by Crippen LogP contribution is 2.09. The van der Waals surface area contributed by atoms with Gasteiger partial charge in [0.25, 0.3) is 10.1 Å². The van der Waals surface area contributed by atoms with Gasteiger partial charge in [-0.1, -0.05) is 12.1 Å². The molecule has 0 aromatic heterocycles. The smallest absolute Gasteiger partial charge is 0.323 e. The molecule has 21 heavy (non-hydrogen) atoms. The van der Waals surface area contributed by atoms with Crippen LogP contribution in [0.5, 0.6) is 0 Å². The third-order valence-corrected chi connectivity index (χ3v) is 3.68. The Hall–Kier alpha value is -1.64.